The van der Waals surface area contributed by atoms with E-state index < -0.39 is 0 Å². The van der Waals surface area contributed by atoms with Crippen LogP contribution >= 0.6 is 0 Å². The number of benzene rings is 4. The Morgan fingerprint density at radius 1 is 0.676 bits per heavy atom. The van der Waals surface area contributed by atoms with Gasteiger partial charge >= 0.3 is 0 Å². The molecule has 0 unspecified atom stereocenters. The maximum atomic E-state index is 10.4. The first kappa shape index (κ1) is 22.7. The molecule has 2 aromatic heterocycles. The molecular weight excluding hydrogens is 456 g/mol. The average molecular weight is 483 g/mol. The molecule has 4 heteroatoms. The summed E-state index contributed by atoms with van der Waals surface area (Å²) >= 11 is 0. The fourth-order valence-electron chi connectivity index (χ4n) is 5.20. The highest BCUT2D eigenvalue weighted by Gasteiger charge is 2.17. The van der Waals surface area contributed by atoms with Gasteiger partial charge in [-0.2, -0.15) is 0 Å². The van der Waals surface area contributed by atoms with Gasteiger partial charge in [0, 0.05) is 17.3 Å². The maximum Gasteiger partial charge on any atom is 0.231 e. The molecule has 0 aliphatic heterocycles. The van der Waals surface area contributed by atoms with Crippen molar-refractivity contribution in [3.8, 4) is 50.7 Å². The molecule has 1 N–H and O–H groups in total. The van der Waals surface area contributed by atoms with Crippen molar-refractivity contribution >= 4 is 11.1 Å². The van der Waals surface area contributed by atoms with E-state index in [9.17, 15) is 5.11 Å². The van der Waals surface area contributed by atoms with E-state index in [-0.39, 0.29) is 5.75 Å². The number of aromatic hydroxyl groups is 1. The average Bonchev–Trinajstić information content (AvgIpc) is 3.33. The third kappa shape index (κ3) is 4.17. The van der Waals surface area contributed by atoms with E-state index in [4.69, 9.17) is 9.40 Å². The first-order valence-corrected chi connectivity index (χ1v) is 12.3. The number of phenols is 1. The van der Waals surface area contributed by atoms with Crippen molar-refractivity contribution in [1.82, 2.24) is 9.97 Å². The van der Waals surface area contributed by atoms with Crippen LogP contribution in [0.2, 0.25) is 0 Å². The Morgan fingerprint density at radius 3 is 2.14 bits per heavy atom. The van der Waals surface area contributed by atoms with Crippen molar-refractivity contribution < 1.29 is 9.52 Å². The first-order valence-electron chi connectivity index (χ1n) is 12.3. The molecule has 0 saturated carbocycles. The second-order valence-electron chi connectivity index (χ2n) is 9.48. The van der Waals surface area contributed by atoms with Crippen LogP contribution < -0.4 is 0 Å². The van der Waals surface area contributed by atoms with Gasteiger partial charge in [-0.25, -0.2) is 4.98 Å². The van der Waals surface area contributed by atoms with Crippen LogP contribution in [-0.2, 0) is 0 Å². The monoisotopic (exact) mass is 482 g/mol. The molecule has 0 radical (unpaired) electrons. The number of fused-ring (bicyclic) bond motifs is 1. The van der Waals surface area contributed by atoms with Gasteiger partial charge in [0.1, 0.15) is 11.3 Å². The van der Waals surface area contributed by atoms with E-state index in [1.165, 1.54) is 22.3 Å². The summed E-state index contributed by atoms with van der Waals surface area (Å²) in [7, 11) is 0. The van der Waals surface area contributed by atoms with E-state index in [1.807, 2.05) is 48.7 Å². The molecule has 0 spiro atoms. The highest BCUT2D eigenvalue weighted by molar-refractivity contribution is 5.95. The lowest BCUT2D eigenvalue weighted by Gasteiger charge is -2.15. The molecule has 0 aliphatic rings. The Kier molecular flexibility index (Phi) is 5.57. The molecular formula is C33H26N2O2. The number of para-hydroxylation sites is 2. The van der Waals surface area contributed by atoms with Crippen molar-refractivity contribution in [3.05, 3.63) is 114 Å². The number of pyridine rings is 1. The third-order valence-corrected chi connectivity index (χ3v) is 6.72. The fraction of sp³-hybridized carbons (Fsp3) is 0.0909. The number of rotatable bonds is 4. The summed E-state index contributed by atoms with van der Waals surface area (Å²) in [5, 5.41) is 10.4. The van der Waals surface area contributed by atoms with Gasteiger partial charge < -0.3 is 9.52 Å². The summed E-state index contributed by atoms with van der Waals surface area (Å²) < 4.78 is 6.09. The Balaban J connectivity index is 1.60. The smallest absolute Gasteiger partial charge is 0.231 e. The normalized spacial score (nSPS) is 11.2. The van der Waals surface area contributed by atoms with E-state index in [0.29, 0.717) is 17.0 Å². The van der Waals surface area contributed by atoms with Gasteiger partial charge in [0.05, 0.1) is 11.3 Å². The highest BCUT2D eigenvalue weighted by atomic mass is 16.3. The quantitative estimate of drug-likeness (QED) is 0.274. The summed E-state index contributed by atoms with van der Waals surface area (Å²) in [5.41, 5.74) is 12.0. The molecule has 4 nitrogen and oxygen atoms in total. The summed E-state index contributed by atoms with van der Waals surface area (Å²) in [4.78, 5) is 9.46. The number of nitrogens with zero attached hydrogens (tertiary/aromatic N) is 2. The van der Waals surface area contributed by atoms with E-state index in [1.54, 1.807) is 12.1 Å². The lowest BCUT2D eigenvalue weighted by Crippen LogP contribution is -1.93. The van der Waals surface area contributed by atoms with Crippen LogP contribution in [0.3, 0.4) is 0 Å². The summed E-state index contributed by atoms with van der Waals surface area (Å²) in [6.07, 6.45) is 1.82. The molecule has 180 valence electrons. The zero-order valence-corrected chi connectivity index (χ0v) is 21.0. The molecule has 0 fully saturated rings. The van der Waals surface area contributed by atoms with Gasteiger partial charge in [0.25, 0.3) is 0 Å². The van der Waals surface area contributed by atoms with Crippen LogP contribution in [0, 0.1) is 20.8 Å². The Hall–Kier alpha value is -4.70. The standard InChI is InChI=1S/C33H26N2O2/c1-20-15-21(2)31(22(3)16-20)25-18-23(17-24(19-25)28-11-6-7-14-34-28)26-10-8-13-30-32(26)35-33(37-30)27-9-4-5-12-29(27)36/h4-19,36H,1-3H3. The molecule has 6 aromatic rings. The number of hydrogen-bond donors (Lipinski definition) is 1. The molecule has 0 bridgehead atoms. The number of oxazole rings is 1. The van der Waals surface area contributed by atoms with Crippen molar-refractivity contribution in [3.63, 3.8) is 0 Å². The Labute approximate surface area is 215 Å². The molecule has 0 aliphatic carbocycles. The van der Waals surface area contributed by atoms with Gasteiger partial charge in [-0.05, 0) is 97.1 Å². The van der Waals surface area contributed by atoms with E-state index >= 15 is 0 Å². The number of phenolic OH excluding ortho intramolecular Hbond substituents is 1. The Morgan fingerprint density at radius 2 is 1.38 bits per heavy atom. The van der Waals surface area contributed by atoms with Crippen LogP contribution in [-0.4, -0.2) is 15.1 Å². The van der Waals surface area contributed by atoms with Crippen molar-refractivity contribution in [2.45, 2.75) is 20.8 Å². The maximum absolute atomic E-state index is 10.4. The van der Waals surface area contributed by atoms with Crippen LogP contribution in [0.1, 0.15) is 16.7 Å². The first-order chi connectivity index (χ1) is 18.0. The zero-order chi connectivity index (χ0) is 25.5. The van der Waals surface area contributed by atoms with Gasteiger partial charge in [-0.1, -0.05) is 48.0 Å². The highest BCUT2D eigenvalue weighted by Crippen LogP contribution is 2.39. The van der Waals surface area contributed by atoms with Gasteiger partial charge in [0.2, 0.25) is 5.89 Å². The fourth-order valence-corrected chi connectivity index (χ4v) is 5.20. The summed E-state index contributed by atoms with van der Waals surface area (Å²) in [6.45, 7) is 6.46. The molecule has 0 atom stereocenters. The minimum atomic E-state index is 0.139. The molecule has 0 amide bonds. The second-order valence-corrected chi connectivity index (χ2v) is 9.48. The molecule has 37 heavy (non-hydrogen) atoms. The van der Waals surface area contributed by atoms with Gasteiger partial charge in [-0.15, -0.1) is 0 Å². The minimum Gasteiger partial charge on any atom is -0.507 e. The molecule has 4 aromatic carbocycles. The molecule has 2 heterocycles. The van der Waals surface area contributed by atoms with E-state index in [2.05, 4.69) is 62.2 Å². The number of aromatic nitrogens is 2. The van der Waals surface area contributed by atoms with E-state index in [0.717, 1.165) is 33.5 Å². The van der Waals surface area contributed by atoms with Gasteiger partial charge in [-0.3, -0.25) is 4.98 Å². The van der Waals surface area contributed by atoms with Crippen molar-refractivity contribution in [2.24, 2.45) is 0 Å². The lowest BCUT2D eigenvalue weighted by atomic mass is 9.89. The third-order valence-electron chi connectivity index (χ3n) is 6.72. The van der Waals surface area contributed by atoms with Crippen LogP contribution in [0.25, 0.3) is 56.1 Å². The van der Waals surface area contributed by atoms with Crippen molar-refractivity contribution in [1.29, 1.82) is 0 Å². The van der Waals surface area contributed by atoms with Crippen LogP contribution in [0.4, 0.5) is 0 Å². The largest absolute Gasteiger partial charge is 0.507 e. The second kappa shape index (κ2) is 9.07. The molecule has 6 rings (SSSR count). The Bertz CT molecular complexity index is 1740. The van der Waals surface area contributed by atoms with Crippen molar-refractivity contribution in [2.75, 3.05) is 0 Å². The predicted octanol–water partition coefficient (Wildman–Crippen LogP) is 8.52. The minimum absolute atomic E-state index is 0.139. The summed E-state index contributed by atoms with van der Waals surface area (Å²) in [5.74, 6) is 0.534. The lowest BCUT2D eigenvalue weighted by molar-refractivity contribution is 0.474. The predicted molar refractivity (Wildman–Crippen MR) is 149 cm³/mol. The summed E-state index contributed by atoms with van der Waals surface area (Å²) in [6, 6.07) is 30.1. The van der Waals surface area contributed by atoms with Gasteiger partial charge in [0.15, 0.2) is 5.58 Å². The van der Waals surface area contributed by atoms with Crippen LogP contribution in [0.15, 0.2) is 102 Å². The SMILES string of the molecule is Cc1cc(C)c(-c2cc(-c3ccccn3)cc(-c3cccc4oc(-c5ccccc5O)nc34)c2)c(C)c1. The molecule has 0 saturated heterocycles. The number of hydrogen-bond acceptors (Lipinski definition) is 4. The topological polar surface area (TPSA) is 59.2 Å². The van der Waals surface area contributed by atoms with Crippen LogP contribution in [0.5, 0.6) is 5.75 Å². The zero-order valence-electron chi connectivity index (χ0n) is 21.0. The number of aryl methyl sites for hydroxylation is 3.